The van der Waals surface area contributed by atoms with Crippen LogP contribution in [0.1, 0.15) is 51.9 Å². The van der Waals surface area contributed by atoms with Crippen LogP contribution in [0, 0.1) is 5.41 Å². The Hall–Kier alpha value is -1.12. The van der Waals surface area contributed by atoms with Crippen molar-refractivity contribution in [2.24, 2.45) is 10.7 Å². The molecule has 3 N–H and O–H groups in total. The molecule has 0 aromatic heterocycles. The van der Waals surface area contributed by atoms with E-state index < -0.39 is 0 Å². The fraction of sp³-hybridized carbons (Fsp3) is 0.667. The van der Waals surface area contributed by atoms with Gasteiger partial charge in [0.2, 0.25) is 0 Å². The number of nitrogens with zero attached hydrogens (tertiary/aromatic N) is 1. The monoisotopic (exact) mass is 207 g/mol. The summed E-state index contributed by atoms with van der Waals surface area (Å²) < 4.78 is 0. The number of unbranched alkanes of at least 4 members (excludes halogenated alkanes) is 5. The molecule has 1 heterocycles. The standard InChI is InChI=1S/C12H21N3/c1-2-3-4-5-6-7-8-10-9-11(13)15-12(10)14/h9H,2-8H2,1H3,(H3,13,14,15). The normalized spacial score (nSPS) is 15.4. The molecule has 0 aliphatic carbocycles. The van der Waals surface area contributed by atoms with Gasteiger partial charge in [0.25, 0.3) is 0 Å². The van der Waals surface area contributed by atoms with Crippen LogP contribution in [0.4, 0.5) is 0 Å². The molecule has 3 nitrogen and oxygen atoms in total. The van der Waals surface area contributed by atoms with Crippen LogP contribution < -0.4 is 5.73 Å². The van der Waals surface area contributed by atoms with Crippen LogP contribution >= 0.6 is 0 Å². The van der Waals surface area contributed by atoms with E-state index in [1.54, 1.807) is 0 Å². The third-order valence-electron chi connectivity index (χ3n) is 2.67. The molecule has 0 fully saturated rings. The van der Waals surface area contributed by atoms with E-state index >= 15 is 0 Å². The zero-order valence-corrected chi connectivity index (χ0v) is 9.55. The fourth-order valence-electron chi connectivity index (χ4n) is 1.77. The molecule has 0 aromatic carbocycles. The zero-order valence-electron chi connectivity index (χ0n) is 9.55. The van der Waals surface area contributed by atoms with Gasteiger partial charge in [-0.05, 0) is 24.5 Å². The molecule has 0 amide bonds. The molecule has 1 rings (SSSR count). The lowest BCUT2D eigenvalue weighted by molar-refractivity contribution is 0.609. The van der Waals surface area contributed by atoms with Crippen molar-refractivity contribution in [2.45, 2.75) is 51.9 Å². The SMILES string of the molecule is CCCCCCCCC1=CC(N)=NC1=N. The number of hydrogen-bond donors (Lipinski definition) is 2. The Balaban J connectivity index is 2.07. The van der Waals surface area contributed by atoms with E-state index in [-0.39, 0.29) is 0 Å². The first-order valence-corrected chi connectivity index (χ1v) is 5.87. The van der Waals surface area contributed by atoms with Crippen molar-refractivity contribution in [1.82, 2.24) is 0 Å². The average molecular weight is 207 g/mol. The topological polar surface area (TPSA) is 62.2 Å². The summed E-state index contributed by atoms with van der Waals surface area (Å²) in [6.45, 7) is 2.23. The van der Waals surface area contributed by atoms with E-state index in [4.69, 9.17) is 11.1 Å². The summed E-state index contributed by atoms with van der Waals surface area (Å²) in [7, 11) is 0. The van der Waals surface area contributed by atoms with Crippen LogP contribution in [-0.4, -0.2) is 11.7 Å². The molecule has 3 heteroatoms. The van der Waals surface area contributed by atoms with Gasteiger partial charge in [0.15, 0.2) is 0 Å². The lowest BCUT2D eigenvalue weighted by Crippen LogP contribution is -2.04. The van der Waals surface area contributed by atoms with E-state index in [0.717, 1.165) is 18.4 Å². The number of aliphatic imine (C=N–C) groups is 1. The van der Waals surface area contributed by atoms with Gasteiger partial charge in [-0.15, -0.1) is 0 Å². The highest BCUT2D eigenvalue weighted by Gasteiger charge is 2.10. The van der Waals surface area contributed by atoms with Crippen LogP contribution in [0.2, 0.25) is 0 Å². The number of amidine groups is 2. The molecule has 0 atom stereocenters. The summed E-state index contributed by atoms with van der Waals surface area (Å²) in [5.74, 6) is 0.849. The Kier molecular flexibility index (Phi) is 5.08. The molecule has 15 heavy (non-hydrogen) atoms. The van der Waals surface area contributed by atoms with E-state index in [2.05, 4.69) is 11.9 Å². The summed E-state index contributed by atoms with van der Waals surface area (Å²) in [5, 5.41) is 7.55. The Labute approximate surface area is 92.0 Å². The van der Waals surface area contributed by atoms with Gasteiger partial charge in [-0.1, -0.05) is 39.0 Å². The summed E-state index contributed by atoms with van der Waals surface area (Å²) in [6, 6.07) is 0. The van der Waals surface area contributed by atoms with Gasteiger partial charge in [0, 0.05) is 0 Å². The number of nitrogens with one attached hydrogen (secondary N) is 1. The van der Waals surface area contributed by atoms with Crippen LogP contribution in [0.5, 0.6) is 0 Å². The largest absolute Gasteiger partial charge is 0.384 e. The molecule has 0 bridgehead atoms. The minimum absolute atomic E-state index is 0.362. The first-order valence-electron chi connectivity index (χ1n) is 5.87. The predicted molar refractivity (Wildman–Crippen MR) is 65.4 cm³/mol. The van der Waals surface area contributed by atoms with Crippen LogP contribution in [0.3, 0.4) is 0 Å². The number of hydrogen-bond acceptors (Lipinski definition) is 2. The van der Waals surface area contributed by atoms with Gasteiger partial charge >= 0.3 is 0 Å². The van der Waals surface area contributed by atoms with Crippen LogP contribution in [0.15, 0.2) is 16.6 Å². The summed E-state index contributed by atoms with van der Waals surface area (Å²) in [4.78, 5) is 3.88. The van der Waals surface area contributed by atoms with Crippen molar-refractivity contribution in [1.29, 1.82) is 5.41 Å². The molecule has 0 aromatic rings. The highest BCUT2D eigenvalue weighted by atomic mass is 14.9. The maximum atomic E-state index is 7.55. The fourth-order valence-corrected chi connectivity index (χ4v) is 1.77. The molecule has 84 valence electrons. The van der Waals surface area contributed by atoms with Gasteiger partial charge in [-0.2, -0.15) is 0 Å². The maximum Gasteiger partial charge on any atom is 0.150 e. The molecular weight excluding hydrogens is 186 g/mol. The van der Waals surface area contributed by atoms with E-state index in [0.29, 0.717) is 11.7 Å². The van der Waals surface area contributed by atoms with Crippen molar-refractivity contribution in [3.05, 3.63) is 11.6 Å². The van der Waals surface area contributed by atoms with E-state index in [9.17, 15) is 0 Å². The Morgan fingerprint density at radius 2 is 1.87 bits per heavy atom. The lowest BCUT2D eigenvalue weighted by Gasteiger charge is -2.01. The van der Waals surface area contributed by atoms with Gasteiger partial charge in [-0.25, -0.2) is 4.99 Å². The Bertz CT molecular complexity index is 277. The summed E-state index contributed by atoms with van der Waals surface area (Å²) in [5.41, 5.74) is 6.52. The van der Waals surface area contributed by atoms with Crippen LogP contribution in [-0.2, 0) is 0 Å². The van der Waals surface area contributed by atoms with Gasteiger partial charge in [-0.3, -0.25) is 5.41 Å². The van der Waals surface area contributed by atoms with Crippen LogP contribution in [0.25, 0.3) is 0 Å². The zero-order chi connectivity index (χ0) is 11.1. The minimum atomic E-state index is 0.362. The predicted octanol–water partition coefficient (Wildman–Crippen LogP) is 3.01. The average Bonchev–Trinajstić information content (AvgIpc) is 2.51. The highest BCUT2D eigenvalue weighted by Crippen LogP contribution is 2.15. The second kappa shape index (κ2) is 6.38. The molecule has 0 saturated carbocycles. The Morgan fingerprint density at radius 3 is 2.47 bits per heavy atom. The number of nitrogens with two attached hydrogens (primary N) is 1. The molecule has 0 spiro atoms. The second-order valence-corrected chi connectivity index (χ2v) is 4.07. The molecular formula is C12H21N3. The first kappa shape index (κ1) is 12.0. The van der Waals surface area contributed by atoms with Crippen molar-refractivity contribution in [2.75, 3.05) is 0 Å². The third kappa shape index (κ3) is 4.28. The second-order valence-electron chi connectivity index (χ2n) is 4.07. The summed E-state index contributed by atoms with van der Waals surface area (Å²) in [6.07, 6.45) is 10.5. The third-order valence-corrected chi connectivity index (χ3v) is 2.67. The molecule has 0 saturated heterocycles. The molecule has 0 radical (unpaired) electrons. The quantitative estimate of drug-likeness (QED) is 0.619. The smallest absolute Gasteiger partial charge is 0.150 e. The number of rotatable bonds is 7. The molecule has 1 aliphatic heterocycles. The van der Waals surface area contributed by atoms with Crippen molar-refractivity contribution in [3.63, 3.8) is 0 Å². The van der Waals surface area contributed by atoms with E-state index in [1.807, 2.05) is 6.08 Å². The maximum absolute atomic E-state index is 7.55. The van der Waals surface area contributed by atoms with Gasteiger partial charge in [0.1, 0.15) is 11.7 Å². The van der Waals surface area contributed by atoms with Gasteiger partial charge in [0.05, 0.1) is 0 Å². The lowest BCUT2D eigenvalue weighted by atomic mass is 10.0. The Morgan fingerprint density at radius 1 is 1.20 bits per heavy atom. The van der Waals surface area contributed by atoms with Crippen molar-refractivity contribution >= 4 is 11.7 Å². The molecule has 0 unspecified atom stereocenters. The van der Waals surface area contributed by atoms with Gasteiger partial charge < -0.3 is 5.73 Å². The summed E-state index contributed by atoms with van der Waals surface area (Å²) >= 11 is 0. The van der Waals surface area contributed by atoms with Crippen molar-refractivity contribution < 1.29 is 0 Å². The molecule has 1 aliphatic rings. The van der Waals surface area contributed by atoms with Crippen molar-refractivity contribution in [3.8, 4) is 0 Å². The highest BCUT2D eigenvalue weighted by molar-refractivity contribution is 6.15. The van der Waals surface area contributed by atoms with E-state index in [1.165, 1.54) is 32.1 Å². The minimum Gasteiger partial charge on any atom is -0.384 e. The first-order chi connectivity index (χ1) is 7.24.